The van der Waals surface area contributed by atoms with Crippen molar-refractivity contribution in [3.63, 3.8) is 0 Å². The number of H-pyrrole nitrogens is 1. The van der Waals surface area contributed by atoms with Gasteiger partial charge in [-0.25, -0.2) is 9.07 Å². The third kappa shape index (κ3) is 4.03. The molecule has 4 rings (SSSR count). The van der Waals surface area contributed by atoms with Crippen LogP contribution in [0.2, 0.25) is 0 Å². The molecule has 1 aliphatic heterocycles. The molecule has 0 aliphatic carbocycles. The van der Waals surface area contributed by atoms with Crippen molar-refractivity contribution >= 4 is 11.6 Å². The highest BCUT2D eigenvalue weighted by Gasteiger charge is 2.24. The number of carbonyl (C=O) groups excluding carboxylic acids is 1. The van der Waals surface area contributed by atoms with Gasteiger partial charge in [0.25, 0.3) is 11.5 Å². The summed E-state index contributed by atoms with van der Waals surface area (Å²) in [4.78, 5) is 26.5. The summed E-state index contributed by atoms with van der Waals surface area (Å²) in [6, 6.07) is 7.60. The molecule has 1 saturated heterocycles. The highest BCUT2D eigenvalue weighted by Crippen LogP contribution is 2.23. The van der Waals surface area contributed by atoms with Gasteiger partial charge in [0.05, 0.1) is 29.3 Å². The number of nitrogens with one attached hydrogen (secondary N) is 2. The van der Waals surface area contributed by atoms with Crippen molar-refractivity contribution in [1.82, 2.24) is 25.3 Å². The first-order chi connectivity index (χ1) is 14.0. The van der Waals surface area contributed by atoms with E-state index >= 15 is 0 Å². The summed E-state index contributed by atoms with van der Waals surface area (Å²) in [6.07, 6.45) is 4.03. The molecular formula is C20H21FN6O2. The lowest BCUT2D eigenvalue weighted by Crippen LogP contribution is -2.31. The van der Waals surface area contributed by atoms with Gasteiger partial charge < -0.3 is 10.2 Å². The fraction of sp³-hybridized carbons (Fsp3) is 0.300. The van der Waals surface area contributed by atoms with Crippen LogP contribution < -0.4 is 15.8 Å². The van der Waals surface area contributed by atoms with Gasteiger partial charge in [0, 0.05) is 38.3 Å². The largest absolute Gasteiger partial charge is 0.370 e. The van der Waals surface area contributed by atoms with E-state index < -0.39 is 0 Å². The van der Waals surface area contributed by atoms with E-state index in [9.17, 15) is 14.0 Å². The number of benzene rings is 1. The Bertz CT molecular complexity index is 1090. The normalized spacial score (nSPS) is 16.2. The minimum Gasteiger partial charge on any atom is -0.370 e. The Kier molecular flexibility index (Phi) is 5.11. The zero-order chi connectivity index (χ0) is 20.4. The molecule has 1 fully saturated rings. The van der Waals surface area contributed by atoms with Gasteiger partial charge in [-0.3, -0.25) is 14.7 Å². The molecular weight excluding hydrogens is 375 g/mol. The minimum atomic E-state index is -0.375. The topological polar surface area (TPSA) is 95.9 Å². The van der Waals surface area contributed by atoms with E-state index in [1.54, 1.807) is 31.4 Å². The van der Waals surface area contributed by atoms with Crippen LogP contribution in [0.5, 0.6) is 0 Å². The molecule has 0 spiro atoms. The second-order valence-corrected chi connectivity index (χ2v) is 7.16. The molecule has 3 heterocycles. The van der Waals surface area contributed by atoms with Gasteiger partial charge in [-0.05, 0) is 24.5 Å². The van der Waals surface area contributed by atoms with Crippen LogP contribution in [-0.4, -0.2) is 45.5 Å². The predicted octanol–water partition coefficient (Wildman–Crippen LogP) is 1.57. The van der Waals surface area contributed by atoms with Crippen LogP contribution in [-0.2, 0) is 7.05 Å². The van der Waals surface area contributed by atoms with Crippen molar-refractivity contribution in [2.75, 3.05) is 24.5 Å². The first-order valence-electron chi connectivity index (χ1n) is 9.37. The van der Waals surface area contributed by atoms with Gasteiger partial charge in [0.15, 0.2) is 0 Å². The molecule has 0 saturated carbocycles. The summed E-state index contributed by atoms with van der Waals surface area (Å²) in [6.45, 7) is 2.04. The number of halogens is 1. The van der Waals surface area contributed by atoms with Crippen molar-refractivity contribution in [3.8, 4) is 11.3 Å². The zero-order valence-electron chi connectivity index (χ0n) is 15.9. The SMILES string of the molecule is Cn1ncc(N2CC[C@@H](CNC(=O)c3cn[nH]c3-c3cccc(F)c3)C2)cc1=O. The number of aryl methyl sites for hydroxylation is 1. The van der Waals surface area contributed by atoms with E-state index in [1.165, 1.54) is 23.0 Å². The maximum Gasteiger partial charge on any atom is 0.268 e. The lowest BCUT2D eigenvalue weighted by molar-refractivity contribution is 0.0949. The first-order valence-corrected chi connectivity index (χ1v) is 9.37. The van der Waals surface area contributed by atoms with Crippen molar-refractivity contribution in [3.05, 3.63) is 64.5 Å². The highest BCUT2D eigenvalue weighted by atomic mass is 19.1. The summed E-state index contributed by atoms with van der Waals surface area (Å²) in [5.74, 6) is -0.376. The van der Waals surface area contributed by atoms with Crippen molar-refractivity contribution < 1.29 is 9.18 Å². The van der Waals surface area contributed by atoms with Crippen LogP contribution >= 0.6 is 0 Å². The highest BCUT2D eigenvalue weighted by molar-refractivity contribution is 5.99. The number of nitrogens with zero attached hydrogens (tertiary/aromatic N) is 4. The lowest BCUT2D eigenvalue weighted by Gasteiger charge is -2.18. The second-order valence-electron chi connectivity index (χ2n) is 7.16. The average Bonchev–Trinajstić information content (AvgIpc) is 3.38. The standard InChI is InChI=1S/C20H21FN6O2/c1-26-18(28)8-16(10-24-26)27-6-5-13(12-27)9-22-20(29)17-11-23-25-19(17)14-3-2-4-15(21)7-14/h2-4,7-8,10-11,13H,5-6,9,12H2,1H3,(H,22,29)(H,23,25)/t13-/m0/s1. The second kappa shape index (κ2) is 7.86. The van der Waals surface area contributed by atoms with E-state index in [0.717, 1.165) is 25.2 Å². The van der Waals surface area contributed by atoms with Crippen LogP contribution in [0.4, 0.5) is 10.1 Å². The van der Waals surface area contributed by atoms with Gasteiger partial charge in [0.1, 0.15) is 5.82 Å². The summed E-state index contributed by atoms with van der Waals surface area (Å²) in [7, 11) is 1.61. The molecule has 0 radical (unpaired) electrons. The van der Waals surface area contributed by atoms with Crippen LogP contribution in [0.25, 0.3) is 11.3 Å². The molecule has 1 aliphatic rings. The smallest absolute Gasteiger partial charge is 0.268 e. The van der Waals surface area contributed by atoms with Crippen LogP contribution in [0.3, 0.4) is 0 Å². The van der Waals surface area contributed by atoms with E-state index in [-0.39, 0.29) is 23.2 Å². The number of hydrogen-bond acceptors (Lipinski definition) is 5. The molecule has 3 aromatic rings. The fourth-order valence-corrected chi connectivity index (χ4v) is 3.52. The Hall–Kier alpha value is -3.49. The maximum atomic E-state index is 13.5. The molecule has 0 bridgehead atoms. The van der Waals surface area contributed by atoms with Gasteiger partial charge >= 0.3 is 0 Å². The number of aromatic amines is 1. The van der Waals surface area contributed by atoms with Crippen LogP contribution in [0.1, 0.15) is 16.8 Å². The monoisotopic (exact) mass is 396 g/mol. The molecule has 2 aromatic heterocycles. The Morgan fingerprint density at radius 1 is 1.34 bits per heavy atom. The quantitative estimate of drug-likeness (QED) is 0.683. The number of aromatic nitrogens is 4. The third-order valence-electron chi connectivity index (χ3n) is 5.15. The van der Waals surface area contributed by atoms with Crippen molar-refractivity contribution in [1.29, 1.82) is 0 Å². The van der Waals surface area contributed by atoms with E-state index in [2.05, 4.69) is 25.5 Å². The Morgan fingerprint density at radius 2 is 2.21 bits per heavy atom. The van der Waals surface area contributed by atoms with E-state index in [1.807, 2.05) is 0 Å². The molecule has 9 heteroatoms. The summed E-state index contributed by atoms with van der Waals surface area (Å²) in [5, 5.41) is 13.7. The predicted molar refractivity (Wildman–Crippen MR) is 106 cm³/mol. The molecule has 0 unspecified atom stereocenters. The molecule has 29 heavy (non-hydrogen) atoms. The maximum absolute atomic E-state index is 13.5. The number of carbonyl (C=O) groups is 1. The molecule has 1 aromatic carbocycles. The zero-order valence-corrected chi connectivity index (χ0v) is 15.9. The van der Waals surface area contributed by atoms with Crippen molar-refractivity contribution in [2.45, 2.75) is 6.42 Å². The van der Waals surface area contributed by atoms with Gasteiger partial charge in [-0.2, -0.15) is 10.2 Å². The van der Waals surface area contributed by atoms with Crippen LogP contribution in [0, 0.1) is 11.7 Å². The summed E-state index contributed by atoms with van der Waals surface area (Å²) >= 11 is 0. The van der Waals surface area contributed by atoms with Gasteiger partial charge in [-0.15, -0.1) is 0 Å². The fourth-order valence-electron chi connectivity index (χ4n) is 3.52. The number of rotatable bonds is 5. The molecule has 1 atom stereocenters. The Balaban J connectivity index is 1.38. The molecule has 1 amide bonds. The summed E-state index contributed by atoms with van der Waals surface area (Å²) < 4.78 is 14.8. The lowest BCUT2D eigenvalue weighted by atomic mass is 10.1. The third-order valence-corrected chi connectivity index (χ3v) is 5.15. The van der Waals surface area contributed by atoms with Crippen molar-refractivity contribution in [2.24, 2.45) is 13.0 Å². The number of hydrogen-bond donors (Lipinski definition) is 2. The number of amides is 1. The average molecular weight is 396 g/mol. The van der Waals surface area contributed by atoms with E-state index in [4.69, 9.17) is 0 Å². The Labute approximate surface area is 166 Å². The molecule has 2 N–H and O–H groups in total. The summed E-state index contributed by atoms with van der Waals surface area (Å²) in [5.41, 5.74) is 2.08. The molecule has 150 valence electrons. The van der Waals surface area contributed by atoms with Gasteiger partial charge in [0.2, 0.25) is 0 Å². The van der Waals surface area contributed by atoms with Crippen LogP contribution in [0.15, 0.2) is 47.5 Å². The number of anilines is 1. The van der Waals surface area contributed by atoms with E-state index in [0.29, 0.717) is 23.4 Å². The first kappa shape index (κ1) is 18.9. The minimum absolute atomic E-state index is 0.149. The van der Waals surface area contributed by atoms with Gasteiger partial charge in [-0.1, -0.05) is 12.1 Å². The Morgan fingerprint density at radius 3 is 3.00 bits per heavy atom. The molecule has 8 nitrogen and oxygen atoms in total.